The molecule has 0 aliphatic rings. The molecule has 1 heterocycles. The number of aryl methyl sites for hydroxylation is 1. The van der Waals surface area contributed by atoms with E-state index in [1.54, 1.807) is 12.1 Å². The Hall–Kier alpha value is -2.20. The van der Waals surface area contributed by atoms with Crippen molar-refractivity contribution in [1.29, 1.82) is 0 Å². The van der Waals surface area contributed by atoms with Crippen LogP contribution in [0.3, 0.4) is 0 Å². The molecule has 1 aromatic heterocycles. The average molecular weight is 270 g/mol. The summed E-state index contributed by atoms with van der Waals surface area (Å²) in [5.41, 5.74) is 2.24. The standard InChI is InChI=1S/C16H18N2O2/c1-12-6-5-9-15(17-12)16(20)18-14(11-19)10-13-7-3-2-4-8-13/h2-9,14,19H,10-11H2,1H3,(H,18,20)/t14-/m0/s1. The lowest BCUT2D eigenvalue weighted by Gasteiger charge is -2.16. The fourth-order valence-electron chi connectivity index (χ4n) is 1.99. The lowest BCUT2D eigenvalue weighted by Crippen LogP contribution is -2.39. The van der Waals surface area contributed by atoms with E-state index in [1.165, 1.54) is 0 Å². The van der Waals surface area contributed by atoms with Gasteiger partial charge in [-0.05, 0) is 31.0 Å². The molecule has 0 saturated heterocycles. The van der Waals surface area contributed by atoms with E-state index in [2.05, 4.69) is 10.3 Å². The minimum Gasteiger partial charge on any atom is -0.394 e. The van der Waals surface area contributed by atoms with Crippen LogP contribution in [0.2, 0.25) is 0 Å². The second-order valence-electron chi connectivity index (χ2n) is 4.71. The van der Waals surface area contributed by atoms with Gasteiger partial charge in [-0.2, -0.15) is 0 Å². The minimum absolute atomic E-state index is 0.105. The lowest BCUT2D eigenvalue weighted by atomic mass is 10.1. The number of aliphatic hydroxyl groups excluding tert-OH is 1. The average Bonchev–Trinajstić information content (AvgIpc) is 2.47. The molecule has 0 saturated carbocycles. The van der Waals surface area contributed by atoms with E-state index in [0.717, 1.165) is 11.3 Å². The molecular weight excluding hydrogens is 252 g/mol. The maximum atomic E-state index is 12.1. The van der Waals surface area contributed by atoms with E-state index in [4.69, 9.17) is 0 Å². The number of amides is 1. The quantitative estimate of drug-likeness (QED) is 0.869. The smallest absolute Gasteiger partial charge is 0.270 e. The van der Waals surface area contributed by atoms with Gasteiger partial charge in [-0.15, -0.1) is 0 Å². The van der Waals surface area contributed by atoms with Crippen molar-refractivity contribution < 1.29 is 9.90 Å². The first-order chi connectivity index (χ1) is 9.69. The highest BCUT2D eigenvalue weighted by Crippen LogP contribution is 2.04. The second kappa shape index (κ2) is 6.82. The number of hydrogen-bond donors (Lipinski definition) is 2. The summed E-state index contributed by atoms with van der Waals surface area (Å²) < 4.78 is 0. The Kier molecular flexibility index (Phi) is 4.85. The number of hydrogen-bond acceptors (Lipinski definition) is 3. The van der Waals surface area contributed by atoms with Crippen molar-refractivity contribution in [3.8, 4) is 0 Å². The lowest BCUT2D eigenvalue weighted by molar-refractivity contribution is 0.0911. The van der Waals surface area contributed by atoms with Crippen molar-refractivity contribution in [2.75, 3.05) is 6.61 Å². The van der Waals surface area contributed by atoms with Crippen molar-refractivity contribution in [3.63, 3.8) is 0 Å². The van der Waals surface area contributed by atoms with Crippen LogP contribution in [0.15, 0.2) is 48.5 Å². The Labute approximate surface area is 118 Å². The molecule has 2 aromatic rings. The van der Waals surface area contributed by atoms with Crippen LogP contribution in [0, 0.1) is 6.92 Å². The third-order valence-corrected chi connectivity index (χ3v) is 3.00. The molecule has 0 spiro atoms. The number of rotatable bonds is 5. The van der Waals surface area contributed by atoms with Gasteiger partial charge < -0.3 is 10.4 Å². The molecule has 20 heavy (non-hydrogen) atoms. The largest absolute Gasteiger partial charge is 0.394 e. The van der Waals surface area contributed by atoms with E-state index < -0.39 is 0 Å². The molecule has 104 valence electrons. The van der Waals surface area contributed by atoms with Gasteiger partial charge in [0.1, 0.15) is 5.69 Å². The van der Waals surface area contributed by atoms with Crippen molar-refractivity contribution >= 4 is 5.91 Å². The number of aromatic nitrogens is 1. The zero-order valence-electron chi connectivity index (χ0n) is 11.4. The van der Waals surface area contributed by atoms with Crippen molar-refractivity contribution in [1.82, 2.24) is 10.3 Å². The van der Waals surface area contributed by atoms with E-state index in [0.29, 0.717) is 12.1 Å². The maximum Gasteiger partial charge on any atom is 0.270 e. The number of pyridine rings is 1. The van der Waals surface area contributed by atoms with Gasteiger partial charge in [0.25, 0.3) is 5.91 Å². The summed E-state index contributed by atoms with van der Waals surface area (Å²) in [5.74, 6) is -0.260. The van der Waals surface area contributed by atoms with Crippen LogP contribution in [0.5, 0.6) is 0 Å². The topological polar surface area (TPSA) is 62.2 Å². The summed E-state index contributed by atoms with van der Waals surface area (Å²) in [5, 5.41) is 12.2. The number of carbonyl (C=O) groups excluding carboxylic acids is 1. The molecule has 4 nitrogen and oxygen atoms in total. The predicted molar refractivity (Wildman–Crippen MR) is 77.5 cm³/mol. The van der Waals surface area contributed by atoms with Gasteiger partial charge >= 0.3 is 0 Å². The summed E-state index contributed by atoms with van der Waals surface area (Å²) in [6, 6.07) is 14.7. The molecule has 0 radical (unpaired) electrons. The van der Waals surface area contributed by atoms with Crippen LogP contribution >= 0.6 is 0 Å². The van der Waals surface area contributed by atoms with E-state index in [9.17, 15) is 9.90 Å². The van der Waals surface area contributed by atoms with Crippen LogP contribution in [0.1, 0.15) is 21.7 Å². The van der Waals surface area contributed by atoms with Gasteiger partial charge in [-0.1, -0.05) is 36.4 Å². The van der Waals surface area contributed by atoms with Gasteiger partial charge in [-0.3, -0.25) is 4.79 Å². The molecule has 0 unspecified atom stereocenters. The SMILES string of the molecule is Cc1cccc(C(=O)N[C@H](CO)Cc2ccccc2)n1. The monoisotopic (exact) mass is 270 g/mol. The Bertz CT molecular complexity index is 570. The molecule has 0 bridgehead atoms. The normalized spacial score (nSPS) is 11.9. The molecule has 2 rings (SSSR count). The Morgan fingerprint density at radius 3 is 2.60 bits per heavy atom. The first-order valence-corrected chi connectivity index (χ1v) is 6.58. The van der Waals surface area contributed by atoms with Crippen molar-refractivity contribution in [2.24, 2.45) is 0 Å². The summed E-state index contributed by atoms with van der Waals surface area (Å²) >= 11 is 0. The fourth-order valence-corrected chi connectivity index (χ4v) is 1.99. The highest BCUT2D eigenvalue weighted by atomic mass is 16.3. The second-order valence-corrected chi connectivity index (χ2v) is 4.71. The summed E-state index contributed by atoms with van der Waals surface area (Å²) in [4.78, 5) is 16.2. The van der Waals surface area contributed by atoms with E-state index in [-0.39, 0.29) is 18.6 Å². The molecule has 0 fully saturated rings. The Morgan fingerprint density at radius 1 is 1.20 bits per heavy atom. The van der Waals surface area contributed by atoms with Crippen molar-refractivity contribution in [2.45, 2.75) is 19.4 Å². The summed E-state index contributed by atoms with van der Waals surface area (Å²) in [7, 11) is 0. The van der Waals surface area contributed by atoms with Crippen LogP contribution in [0.25, 0.3) is 0 Å². The van der Waals surface area contributed by atoms with Gasteiger partial charge in [0, 0.05) is 5.69 Å². The molecule has 1 amide bonds. The molecule has 4 heteroatoms. The summed E-state index contributed by atoms with van der Waals surface area (Å²) in [6.45, 7) is 1.73. The zero-order chi connectivity index (χ0) is 14.4. The van der Waals surface area contributed by atoms with E-state index >= 15 is 0 Å². The number of carbonyl (C=O) groups is 1. The summed E-state index contributed by atoms with van der Waals surface area (Å²) in [6.07, 6.45) is 0.592. The van der Waals surface area contributed by atoms with E-state index in [1.807, 2.05) is 43.3 Å². The third kappa shape index (κ3) is 3.90. The van der Waals surface area contributed by atoms with Gasteiger partial charge in [0.05, 0.1) is 12.6 Å². The Balaban J connectivity index is 2.01. The predicted octanol–water partition coefficient (Wildman–Crippen LogP) is 1.72. The molecule has 2 N–H and O–H groups in total. The molecule has 0 aliphatic carbocycles. The number of benzene rings is 1. The molecular formula is C16H18N2O2. The van der Waals surface area contributed by atoms with Gasteiger partial charge in [-0.25, -0.2) is 4.98 Å². The van der Waals surface area contributed by atoms with Crippen LogP contribution in [0.4, 0.5) is 0 Å². The first kappa shape index (κ1) is 14.2. The third-order valence-electron chi connectivity index (χ3n) is 3.00. The fraction of sp³-hybridized carbons (Fsp3) is 0.250. The highest BCUT2D eigenvalue weighted by Gasteiger charge is 2.14. The molecule has 1 aromatic carbocycles. The first-order valence-electron chi connectivity index (χ1n) is 6.58. The number of nitrogens with zero attached hydrogens (tertiary/aromatic N) is 1. The van der Waals surface area contributed by atoms with Crippen LogP contribution < -0.4 is 5.32 Å². The highest BCUT2D eigenvalue weighted by molar-refractivity contribution is 5.92. The van der Waals surface area contributed by atoms with Crippen molar-refractivity contribution in [3.05, 3.63) is 65.5 Å². The number of aliphatic hydroxyl groups is 1. The van der Waals surface area contributed by atoms with Gasteiger partial charge in [0.2, 0.25) is 0 Å². The van der Waals surface area contributed by atoms with Crippen LogP contribution in [-0.4, -0.2) is 28.6 Å². The van der Waals surface area contributed by atoms with Gasteiger partial charge in [0.15, 0.2) is 0 Å². The number of nitrogens with one attached hydrogen (secondary N) is 1. The Morgan fingerprint density at radius 2 is 1.95 bits per heavy atom. The minimum atomic E-state index is -0.313. The molecule has 1 atom stereocenters. The van der Waals surface area contributed by atoms with Crippen LogP contribution in [-0.2, 0) is 6.42 Å². The maximum absolute atomic E-state index is 12.1. The zero-order valence-corrected chi connectivity index (χ0v) is 11.4. The molecule has 0 aliphatic heterocycles.